The van der Waals surface area contributed by atoms with E-state index in [-0.39, 0.29) is 18.9 Å². The molecule has 3 aromatic rings. The zero-order chi connectivity index (χ0) is 20.4. The highest BCUT2D eigenvalue weighted by atomic mass is 35.5. The van der Waals surface area contributed by atoms with Crippen molar-refractivity contribution in [2.45, 2.75) is 6.42 Å². The first kappa shape index (κ1) is 19.5. The fourth-order valence-corrected chi connectivity index (χ4v) is 3.72. The number of benzene rings is 3. The van der Waals surface area contributed by atoms with E-state index >= 15 is 0 Å². The summed E-state index contributed by atoms with van der Waals surface area (Å²) in [6, 6.07) is 22.1. The molecule has 1 heterocycles. The number of amides is 1. The molecule has 0 radical (unpaired) electrons. The molecule has 6 heteroatoms. The molecule has 1 saturated heterocycles. The summed E-state index contributed by atoms with van der Waals surface area (Å²) >= 11 is 12.2. The molecule has 1 amide bonds. The number of rotatable bonds is 4. The Bertz CT molecular complexity index is 1050. The van der Waals surface area contributed by atoms with Gasteiger partial charge in [0.1, 0.15) is 5.75 Å². The van der Waals surface area contributed by atoms with Crippen molar-refractivity contribution in [1.29, 1.82) is 0 Å². The van der Waals surface area contributed by atoms with Crippen LogP contribution in [-0.2, 0) is 9.59 Å². The number of carbonyl (C=O) groups is 2. The summed E-state index contributed by atoms with van der Waals surface area (Å²) in [6.07, 6.45) is 0.0732. The van der Waals surface area contributed by atoms with Crippen LogP contribution in [0.1, 0.15) is 6.42 Å². The Balaban J connectivity index is 1.44. The Kier molecular flexibility index (Phi) is 5.56. The van der Waals surface area contributed by atoms with E-state index in [1.807, 2.05) is 42.5 Å². The van der Waals surface area contributed by atoms with Gasteiger partial charge in [0.15, 0.2) is 0 Å². The number of ether oxygens (including phenoxy) is 1. The molecule has 0 aliphatic carbocycles. The van der Waals surface area contributed by atoms with Crippen molar-refractivity contribution in [3.8, 4) is 16.9 Å². The van der Waals surface area contributed by atoms with Gasteiger partial charge in [-0.25, -0.2) is 0 Å². The van der Waals surface area contributed by atoms with Crippen LogP contribution >= 0.6 is 23.2 Å². The monoisotopic (exact) mass is 425 g/mol. The molecule has 146 valence electrons. The highest BCUT2D eigenvalue weighted by Gasteiger charge is 2.37. The van der Waals surface area contributed by atoms with Gasteiger partial charge >= 0.3 is 5.97 Å². The molecule has 1 aliphatic heterocycles. The van der Waals surface area contributed by atoms with Crippen LogP contribution in [0.4, 0.5) is 5.69 Å². The highest BCUT2D eigenvalue weighted by Crippen LogP contribution is 2.34. The summed E-state index contributed by atoms with van der Waals surface area (Å²) in [5.74, 6) is -0.741. The molecule has 29 heavy (non-hydrogen) atoms. The maximum Gasteiger partial charge on any atom is 0.316 e. The first-order valence-corrected chi connectivity index (χ1v) is 9.89. The van der Waals surface area contributed by atoms with E-state index in [0.29, 0.717) is 21.5 Å². The van der Waals surface area contributed by atoms with E-state index in [9.17, 15) is 9.59 Å². The molecular formula is C23H17Cl2NO3. The van der Waals surface area contributed by atoms with Crippen molar-refractivity contribution in [3.63, 3.8) is 0 Å². The van der Waals surface area contributed by atoms with Gasteiger partial charge < -0.3 is 9.64 Å². The fraction of sp³-hybridized carbons (Fsp3) is 0.130. The van der Waals surface area contributed by atoms with Gasteiger partial charge in [-0.1, -0.05) is 65.7 Å². The molecule has 0 bridgehead atoms. The maximum atomic E-state index is 12.6. The number of hydrogen-bond donors (Lipinski definition) is 0. The van der Waals surface area contributed by atoms with Crippen molar-refractivity contribution < 1.29 is 14.3 Å². The van der Waals surface area contributed by atoms with Gasteiger partial charge in [0.2, 0.25) is 5.91 Å². The molecule has 0 aromatic heterocycles. The number of esters is 1. The van der Waals surface area contributed by atoms with Gasteiger partial charge in [-0.05, 0) is 41.5 Å². The maximum absolute atomic E-state index is 12.6. The zero-order valence-electron chi connectivity index (χ0n) is 15.3. The van der Waals surface area contributed by atoms with Gasteiger partial charge in [0, 0.05) is 18.0 Å². The predicted octanol–water partition coefficient (Wildman–Crippen LogP) is 5.62. The third-order valence-electron chi connectivity index (χ3n) is 4.84. The fourth-order valence-electron chi connectivity index (χ4n) is 3.34. The smallest absolute Gasteiger partial charge is 0.316 e. The minimum Gasteiger partial charge on any atom is -0.426 e. The number of anilines is 1. The Labute approximate surface area is 178 Å². The summed E-state index contributed by atoms with van der Waals surface area (Å²) < 4.78 is 5.50. The Morgan fingerprint density at radius 1 is 0.931 bits per heavy atom. The normalized spacial score (nSPS) is 16.1. The van der Waals surface area contributed by atoms with E-state index in [4.69, 9.17) is 27.9 Å². The average molecular weight is 426 g/mol. The second kappa shape index (κ2) is 8.27. The van der Waals surface area contributed by atoms with Gasteiger partial charge in [-0.15, -0.1) is 0 Å². The minimum absolute atomic E-state index is 0.0732. The molecular weight excluding hydrogens is 409 g/mol. The molecule has 4 rings (SSSR count). The molecule has 0 spiro atoms. The largest absolute Gasteiger partial charge is 0.426 e. The van der Waals surface area contributed by atoms with Crippen molar-refractivity contribution in [1.82, 2.24) is 0 Å². The van der Waals surface area contributed by atoms with Crippen LogP contribution in [0.25, 0.3) is 11.1 Å². The Morgan fingerprint density at radius 3 is 2.34 bits per heavy atom. The van der Waals surface area contributed by atoms with Crippen LogP contribution < -0.4 is 9.64 Å². The zero-order valence-corrected chi connectivity index (χ0v) is 16.9. The van der Waals surface area contributed by atoms with Crippen LogP contribution in [0, 0.1) is 5.92 Å². The van der Waals surface area contributed by atoms with E-state index < -0.39 is 11.9 Å². The van der Waals surface area contributed by atoms with E-state index in [1.54, 1.807) is 30.3 Å². The molecule has 4 nitrogen and oxygen atoms in total. The van der Waals surface area contributed by atoms with Crippen LogP contribution in [0.2, 0.25) is 10.0 Å². The van der Waals surface area contributed by atoms with E-state index in [1.165, 1.54) is 4.90 Å². The summed E-state index contributed by atoms with van der Waals surface area (Å²) in [4.78, 5) is 26.5. The lowest BCUT2D eigenvalue weighted by Crippen LogP contribution is -2.27. The standard InChI is InChI=1S/C23H17Cl2NO3/c24-18-8-11-20(25)21(13-18)26-14-17(12-22(26)27)23(28)29-19-9-6-16(7-10-19)15-4-2-1-3-5-15/h1-11,13,17H,12,14H2/t17-/m1/s1. The molecule has 1 aliphatic rings. The van der Waals surface area contributed by atoms with Crippen molar-refractivity contribution in [2.75, 3.05) is 11.4 Å². The summed E-state index contributed by atoms with van der Waals surface area (Å²) in [5, 5.41) is 0.884. The Morgan fingerprint density at radius 2 is 1.62 bits per heavy atom. The van der Waals surface area contributed by atoms with Gasteiger partial charge in [0.25, 0.3) is 0 Å². The van der Waals surface area contributed by atoms with E-state index in [0.717, 1.165) is 11.1 Å². The van der Waals surface area contributed by atoms with Crippen LogP contribution in [-0.4, -0.2) is 18.4 Å². The number of hydrogen-bond acceptors (Lipinski definition) is 3. The molecule has 0 N–H and O–H groups in total. The second-order valence-corrected chi connectivity index (χ2v) is 7.66. The molecule has 1 atom stereocenters. The average Bonchev–Trinajstić information content (AvgIpc) is 3.13. The quantitative estimate of drug-likeness (QED) is 0.402. The second-order valence-electron chi connectivity index (χ2n) is 6.81. The Hall–Kier alpha value is -2.82. The van der Waals surface area contributed by atoms with Crippen molar-refractivity contribution >= 4 is 40.8 Å². The predicted molar refractivity (Wildman–Crippen MR) is 114 cm³/mol. The first-order chi connectivity index (χ1) is 14.0. The minimum atomic E-state index is -0.564. The van der Waals surface area contributed by atoms with Crippen LogP contribution in [0.5, 0.6) is 5.75 Å². The van der Waals surface area contributed by atoms with Gasteiger partial charge in [0.05, 0.1) is 16.6 Å². The lowest BCUT2D eigenvalue weighted by molar-refractivity contribution is -0.139. The van der Waals surface area contributed by atoms with E-state index in [2.05, 4.69) is 0 Å². The summed E-state index contributed by atoms with van der Waals surface area (Å²) in [7, 11) is 0. The lowest BCUT2D eigenvalue weighted by Gasteiger charge is -2.18. The van der Waals surface area contributed by atoms with Crippen molar-refractivity contribution in [2.24, 2.45) is 5.92 Å². The number of halogens is 2. The SMILES string of the molecule is O=C(Oc1ccc(-c2ccccc2)cc1)[C@@H]1CC(=O)N(c2cc(Cl)ccc2Cl)C1. The summed E-state index contributed by atoms with van der Waals surface area (Å²) in [5.41, 5.74) is 2.62. The number of carbonyl (C=O) groups excluding carboxylic acids is 2. The number of nitrogens with zero attached hydrogens (tertiary/aromatic N) is 1. The first-order valence-electron chi connectivity index (χ1n) is 9.14. The summed E-state index contributed by atoms with van der Waals surface area (Å²) in [6.45, 7) is 0.208. The molecule has 0 saturated carbocycles. The molecule has 3 aromatic carbocycles. The topological polar surface area (TPSA) is 46.6 Å². The highest BCUT2D eigenvalue weighted by molar-refractivity contribution is 6.35. The lowest BCUT2D eigenvalue weighted by atomic mass is 10.1. The molecule has 1 fully saturated rings. The van der Waals surface area contributed by atoms with Crippen LogP contribution in [0.3, 0.4) is 0 Å². The van der Waals surface area contributed by atoms with Crippen molar-refractivity contribution in [3.05, 3.63) is 82.8 Å². The van der Waals surface area contributed by atoms with Gasteiger partial charge in [-0.3, -0.25) is 9.59 Å². The third-order valence-corrected chi connectivity index (χ3v) is 5.39. The molecule has 0 unspecified atom stereocenters. The van der Waals surface area contributed by atoms with Gasteiger partial charge in [-0.2, -0.15) is 0 Å². The third kappa shape index (κ3) is 4.29. The van der Waals surface area contributed by atoms with Crippen LogP contribution in [0.15, 0.2) is 72.8 Å².